The van der Waals surface area contributed by atoms with Crippen molar-refractivity contribution in [2.24, 2.45) is 0 Å². The summed E-state index contributed by atoms with van der Waals surface area (Å²) >= 11 is 1.87. The molecule has 3 heteroatoms. The molecular formula is C14H23NOS. The van der Waals surface area contributed by atoms with Gasteiger partial charge in [0.25, 0.3) is 0 Å². The first-order chi connectivity index (χ1) is 8.24. The average Bonchev–Trinajstić information content (AvgIpc) is 2.36. The summed E-state index contributed by atoms with van der Waals surface area (Å²) in [5.41, 5.74) is 1.29. The zero-order chi connectivity index (χ0) is 12.7. The Balaban J connectivity index is 2.98. The smallest absolute Gasteiger partial charge is 0.124 e. The fourth-order valence-corrected chi connectivity index (χ4v) is 2.79. The van der Waals surface area contributed by atoms with E-state index in [1.54, 1.807) is 7.11 Å². The molecule has 0 fully saturated rings. The summed E-state index contributed by atoms with van der Waals surface area (Å²) in [7, 11) is 1.74. The van der Waals surface area contributed by atoms with Crippen molar-refractivity contribution in [3.8, 4) is 5.75 Å². The number of ether oxygens (including phenoxy) is 1. The van der Waals surface area contributed by atoms with Crippen LogP contribution in [-0.4, -0.2) is 19.4 Å². The van der Waals surface area contributed by atoms with Crippen LogP contribution < -0.4 is 10.1 Å². The highest BCUT2D eigenvalue weighted by molar-refractivity contribution is 7.99. The van der Waals surface area contributed by atoms with Crippen molar-refractivity contribution < 1.29 is 4.74 Å². The number of methoxy groups -OCH3 is 1. The van der Waals surface area contributed by atoms with Crippen LogP contribution in [0, 0.1) is 0 Å². The first-order valence-electron chi connectivity index (χ1n) is 6.27. The van der Waals surface area contributed by atoms with E-state index in [0.717, 1.165) is 24.5 Å². The Morgan fingerprint density at radius 3 is 2.71 bits per heavy atom. The summed E-state index contributed by atoms with van der Waals surface area (Å²) in [6.45, 7) is 7.60. The standard InChI is InChI=1S/C14H23NOS/c1-5-10-15-11(3)14-12(16-4)8-7-9-13(14)17-6-2/h7-9,11,15H,5-6,10H2,1-4H3. The van der Waals surface area contributed by atoms with Gasteiger partial charge in [0, 0.05) is 16.5 Å². The van der Waals surface area contributed by atoms with Gasteiger partial charge < -0.3 is 10.1 Å². The van der Waals surface area contributed by atoms with Crippen LogP contribution >= 0.6 is 11.8 Å². The molecule has 0 aliphatic rings. The summed E-state index contributed by atoms with van der Waals surface area (Å²) in [5.74, 6) is 2.07. The van der Waals surface area contributed by atoms with Gasteiger partial charge in [0.15, 0.2) is 0 Å². The molecule has 0 radical (unpaired) electrons. The van der Waals surface area contributed by atoms with Crippen molar-refractivity contribution in [3.63, 3.8) is 0 Å². The molecule has 1 rings (SSSR count). The van der Waals surface area contributed by atoms with E-state index < -0.39 is 0 Å². The Bertz CT molecular complexity index is 341. The maximum absolute atomic E-state index is 5.48. The van der Waals surface area contributed by atoms with Crippen LogP contribution in [0.2, 0.25) is 0 Å². The number of hydrogen-bond acceptors (Lipinski definition) is 3. The van der Waals surface area contributed by atoms with Gasteiger partial charge in [-0.2, -0.15) is 0 Å². The minimum absolute atomic E-state index is 0.333. The van der Waals surface area contributed by atoms with E-state index in [-0.39, 0.29) is 0 Å². The number of hydrogen-bond donors (Lipinski definition) is 1. The van der Waals surface area contributed by atoms with Gasteiger partial charge in [-0.05, 0) is 37.8 Å². The Labute approximate surface area is 109 Å². The summed E-state index contributed by atoms with van der Waals surface area (Å²) in [6.07, 6.45) is 1.15. The summed E-state index contributed by atoms with van der Waals surface area (Å²) in [4.78, 5) is 1.32. The van der Waals surface area contributed by atoms with Gasteiger partial charge in [0.05, 0.1) is 7.11 Å². The van der Waals surface area contributed by atoms with Crippen LogP contribution in [0.3, 0.4) is 0 Å². The van der Waals surface area contributed by atoms with Crippen molar-refractivity contribution in [3.05, 3.63) is 23.8 Å². The van der Waals surface area contributed by atoms with E-state index in [1.807, 2.05) is 17.8 Å². The molecule has 1 N–H and O–H groups in total. The molecule has 0 amide bonds. The third kappa shape index (κ3) is 3.93. The second-order valence-electron chi connectivity index (χ2n) is 3.98. The molecular weight excluding hydrogens is 230 g/mol. The molecule has 0 heterocycles. The van der Waals surface area contributed by atoms with Crippen LogP contribution in [0.4, 0.5) is 0 Å². The predicted octanol–water partition coefficient (Wildman–Crippen LogP) is 3.87. The third-order valence-electron chi connectivity index (χ3n) is 2.68. The van der Waals surface area contributed by atoms with Crippen LogP contribution in [-0.2, 0) is 0 Å². The quantitative estimate of drug-likeness (QED) is 0.745. The number of thioether (sulfide) groups is 1. The lowest BCUT2D eigenvalue weighted by atomic mass is 10.1. The maximum Gasteiger partial charge on any atom is 0.124 e. The topological polar surface area (TPSA) is 21.3 Å². The van der Waals surface area contributed by atoms with E-state index in [1.165, 1.54) is 10.5 Å². The first-order valence-corrected chi connectivity index (χ1v) is 7.26. The van der Waals surface area contributed by atoms with Crippen molar-refractivity contribution in [1.82, 2.24) is 5.32 Å². The van der Waals surface area contributed by atoms with Crippen LogP contribution in [0.1, 0.15) is 38.8 Å². The van der Waals surface area contributed by atoms with Gasteiger partial charge in [-0.3, -0.25) is 0 Å². The molecule has 1 atom stereocenters. The average molecular weight is 253 g/mol. The SMILES string of the molecule is CCCNC(C)c1c(OC)cccc1SCC. The van der Waals surface area contributed by atoms with Gasteiger partial charge in [0.2, 0.25) is 0 Å². The van der Waals surface area contributed by atoms with Crippen molar-refractivity contribution in [2.45, 2.75) is 38.1 Å². The summed E-state index contributed by atoms with van der Waals surface area (Å²) in [5, 5.41) is 3.53. The van der Waals surface area contributed by atoms with Crippen molar-refractivity contribution in [1.29, 1.82) is 0 Å². The molecule has 0 aromatic heterocycles. The fourth-order valence-electron chi connectivity index (χ4n) is 1.87. The molecule has 0 aliphatic heterocycles. The Morgan fingerprint density at radius 1 is 1.35 bits per heavy atom. The van der Waals surface area contributed by atoms with Gasteiger partial charge in [0.1, 0.15) is 5.75 Å². The van der Waals surface area contributed by atoms with E-state index >= 15 is 0 Å². The van der Waals surface area contributed by atoms with E-state index in [2.05, 4.69) is 38.2 Å². The number of nitrogens with one attached hydrogen (secondary N) is 1. The lowest BCUT2D eigenvalue weighted by molar-refractivity contribution is 0.399. The predicted molar refractivity (Wildman–Crippen MR) is 76.1 cm³/mol. The summed E-state index contributed by atoms with van der Waals surface area (Å²) < 4.78 is 5.48. The molecule has 2 nitrogen and oxygen atoms in total. The van der Waals surface area contributed by atoms with Gasteiger partial charge in [-0.15, -0.1) is 11.8 Å². The monoisotopic (exact) mass is 253 g/mol. The van der Waals surface area contributed by atoms with Crippen molar-refractivity contribution >= 4 is 11.8 Å². The lowest BCUT2D eigenvalue weighted by Gasteiger charge is -2.20. The molecule has 0 spiro atoms. The highest BCUT2D eigenvalue weighted by Gasteiger charge is 2.15. The number of rotatable bonds is 7. The van der Waals surface area contributed by atoms with E-state index in [0.29, 0.717) is 6.04 Å². The molecule has 0 aliphatic carbocycles. The highest BCUT2D eigenvalue weighted by Crippen LogP contribution is 2.34. The van der Waals surface area contributed by atoms with Gasteiger partial charge in [-0.25, -0.2) is 0 Å². The maximum atomic E-state index is 5.48. The molecule has 0 saturated heterocycles. The largest absolute Gasteiger partial charge is 0.496 e. The molecule has 0 saturated carbocycles. The molecule has 1 aromatic rings. The van der Waals surface area contributed by atoms with Crippen LogP contribution in [0.25, 0.3) is 0 Å². The first kappa shape index (κ1) is 14.4. The van der Waals surface area contributed by atoms with Crippen LogP contribution in [0.5, 0.6) is 5.75 Å². The second-order valence-corrected chi connectivity index (χ2v) is 5.29. The third-order valence-corrected chi connectivity index (χ3v) is 3.64. The Hall–Kier alpha value is -0.670. The van der Waals surface area contributed by atoms with Crippen molar-refractivity contribution in [2.75, 3.05) is 19.4 Å². The van der Waals surface area contributed by atoms with Gasteiger partial charge in [-0.1, -0.05) is 19.9 Å². The normalized spacial score (nSPS) is 12.5. The Morgan fingerprint density at radius 2 is 2.12 bits per heavy atom. The minimum atomic E-state index is 0.333. The van der Waals surface area contributed by atoms with Gasteiger partial charge >= 0.3 is 0 Å². The fraction of sp³-hybridized carbons (Fsp3) is 0.571. The summed E-state index contributed by atoms with van der Waals surface area (Å²) in [6, 6.07) is 6.61. The van der Waals surface area contributed by atoms with E-state index in [4.69, 9.17) is 4.74 Å². The second kappa shape index (κ2) is 7.62. The molecule has 0 bridgehead atoms. The highest BCUT2D eigenvalue weighted by atomic mass is 32.2. The number of benzene rings is 1. The lowest BCUT2D eigenvalue weighted by Crippen LogP contribution is -2.20. The molecule has 1 aromatic carbocycles. The molecule has 17 heavy (non-hydrogen) atoms. The zero-order valence-corrected chi connectivity index (χ0v) is 12.1. The Kier molecular flexibility index (Phi) is 6.45. The molecule has 1 unspecified atom stereocenters. The molecule has 96 valence electrons. The van der Waals surface area contributed by atoms with E-state index in [9.17, 15) is 0 Å². The van der Waals surface area contributed by atoms with Crippen LogP contribution in [0.15, 0.2) is 23.1 Å². The zero-order valence-electron chi connectivity index (χ0n) is 11.2. The minimum Gasteiger partial charge on any atom is -0.496 e.